The van der Waals surface area contributed by atoms with E-state index in [1.54, 1.807) is 18.2 Å². The van der Waals surface area contributed by atoms with Crippen molar-refractivity contribution in [2.75, 3.05) is 13.7 Å². The summed E-state index contributed by atoms with van der Waals surface area (Å²) in [6.07, 6.45) is 0.595. The average Bonchev–Trinajstić information content (AvgIpc) is 2.70. The number of benzene rings is 2. The number of aromatic amines is 1. The van der Waals surface area contributed by atoms with Gasteiger partial charge in [-0.1, -0.05) is 42.0 Å². The summed E-state index contributed by atoms with van der Waals surface area (Å²) in [6.45, 7) is 3.65. The number of fused-ring (bicyclic) bond motifs is 1. The first kappa shape index (κ1) is 18.4. The van der Waals surface area contributed by atoms with Gasteiger partial charge in [0.1, 0.15) is 5.82 Å². The fourth-order valence-corrected chi connectivity index (χ4v) is 3.55. The highest BCUT2D eigenvalue weighted by Crippen LogP contribution is 2.24. The van der Waals surface area contributed by atoms with E-state index < -0.39 is 0 Å². The molecule has 28 heavy (non-hydrogen) atoms. The Labute approximate surface area is 162 Å². The van der Waals surface area contributed by atoms with Crippen molar-refractivity contribution in [3.8, 4) is 17.1 Å². The lowest BCUT2D eigenvalue weighted by Gasteiger charge is -2.28. The van der Waals surface area contributed by atoms with Gasteiger partial charge in [-0.3, -0.25) is 9.69 Å². The van der Waals surface area contributed by atoms with Gasteiger partial charge in [-0.25, -0.2) is 9.37 Å². The first-order valence-electron chi connectivity index (χ1n) is 9.28. The number of ether oxygens (including phenoxy) is 1. The summed E-state index contributed by atoms with van der Waals surface area (Å²) in [4.78, 5) is 22.2. The zero-order valence-electron chi connectivity index (χ0n) is 16.0. The van der Waals surface area contributed by atoms with Crippen LogP contribution in [0.5, 0.6) is 5.75 Å². The van der Waals surface area contributed by atoms with Crippen LogP contribution in [-0.4, -0.2) is 28.5 Å². The van der Waals surface area contributed by atoms with Gasteiger partial charge in [0.15, 0.2) is 11.6 Å². The Morgan fingerprint density at radius 2 is 2.00 bits per heavy atom. The highest BCUT2D eigenvalue weighted by atomic mass is 19.1. The summed E-state index contributed by atoms with van der Waals surface area (Å²) in [5.41, 5.74) is 3.99. The number of rotatable bonds is 4. The van der Waals surface area contributed by atoms with Gasteiger partial charge in [-0.2, -0.15) is 0 Å². The number of hydrogen-bond acceptors (Lipinski definition) is 4. The number of H-pyrrole nitrogens is 1. The van der Waals surface area contributed by atoms with E-state index in [0.717, 1.165) is 22.4 Å². The van der Waals surface area contributed by atoms with Crippen molar-refractivity contribution in [1.82, 2.24) is 14.9 Å². The predicted molar refractivity (Wildman–Crippen MR) is 106 cm³/mol. The number of nitrogens with zero attached hydrogens (tertiary/aromatic N) is 2. The summed E-state index contributed by atoms with van der Waals surface area (Å²) < 4.78 is 19.6. The Bertz CT molecular complexity index is 1060. The molecule has 1 aromatic heterocycles. The van der Waals surface area contributed by atoms with Gasteiger partial charge in [-0.15, -0.1) is 0 Å². The summed E-state index contributed by atoms with van der Waals surface area (Å²) in [7, 11) is 1.46. The zero-order valence-corrected chi connectivity index (χ0v) is 16.0. The molecule has 6 heteroatoms. The molecule has 1 aliphatic rings. The van der Waals surface area contributed by atoms with Crippen LogP contribution in [0.1, 0.15) is 22.4 Å². The maximum absolute atomic E-state index is 14.5. The summed E-state index contributed by atoms with van der Waals surface area (Å²) in [5.74, 6) is 0.472. The molecule has 0 unspecified atom stereocenters. The summed E-state index contributed by atoms with van der Waals surface area (Å²) in [5, 5.41) is 0. The third-order valence-electron chi connectivity index (χ3n) is 5.13. The molecule has 0 saturated heterocycles. The molecular weight excluding hydrogens is 357 g/mol. The van der Waals surface area contributed by atoms with Crippen molar-refractivity contribution in [2.24, 2.45) is 0 Å². The molecule has 0 saturated carbocycles. The van der Waals surface area contributed by atoms with Gasteiger partial charge in [0.25, 0.3) is 5.56 Å². The smallest absolute Gasteiger partial charge is 0.254 e. The van der Waals surface area contributed by atoms with E-state index in [4.69, 9.17) is 9.72 Å². The number of nitrogens with one attached hydrogen (secondary N) is 1. The fourth-order valence-electron chi connectivity index (χ4n) is 3.55. The van der Waals surface area contributed by atoms with Gasteiger partial charge in [0.2, 0.25) is 0 Å². The molecule has 4 rings (SSSR count). The van der Waals surface area contributed by atoms with Gasteiger partial charge in [0.05, 0.1) is 12.8 Å². The van der Waals surface area contributed by atoms with E-state index in [0.29, 0.717) is 37.4 Å². The molecule has 1 N–H and O–H groups in total. The van der Waals surface area contributed by atoms with Crippen molar-refractivity contribution < 1.29 is 9.13 Å². The van der Waals surface area contributed by atoms with Crippen LogP contribution in [0.2, 0.25) is 0 Å². The van der Waals surface area contributed by atoms with Gasteiger partial charge in [0, 0.05) is 36.3 Å². The Morgan fingerprint density at radius 1 is 1.21 bits per heavy atom. The Hall–Kier alpha value is -2.99. The van der Waals surface area contributed by atoms with Crippen LogP contribution in [0.3, 0.4) is 0 Å². The molecule has 0 aliphatic carbocycles. The molecule has 144 valence electrons. The number of halogens is 1. The number of hydrogen-bond donors (Lipinski definition) is 1. The molecule has 5 nitrogen and oxygen atoms in total. The third kappa shape index (κ3) is 3.55. The van der Waals surface area contributed by atoms with Gasteiger partial charge >= 0.3 is 0 Å². The van der Waals surface area contributed by atoms with E-state index >= 15 is 0 Å². The number of aryl methyl sites for hydroxylation is 1. The Morgan fingerprint density at radius 3 is 2.75 bits per heavy atom. The molecule has 3 aromatic rings. The van der Waals surface area contributed by atoms with E-state index in [2.05, 4.69) is 9.88 Å². The zero-order chi connectivity index (χ0) is 19.7. The van der Waals surface area contributed by atoms with Crippen LogP contribution in [0, 0.1) is 12.7 Å². The summed E-state index contributed by atoms with van der Waals surface area (Å²) >= 11 is 0. The average molecular weight is 379 g/mol. The third-order valence-corrected chi connectivity index (χ3v) is 5.13. The molecule has 0 bridgehead atoms. The second kappa shape index (κ2) is 7.56. The van der Waals surface area contributed by atoms with Gasteiger partial charge in [-0.05, 0) is 19.4 Å². The van der Waals surface area contributed by atoms with Crippen LogP contribution in [0.25, 0.3) is 11.4 Å². The number of methoxy groups -OCH3 is 1. The minimum absolute atomic E-state index is 0.0900. The van der Waals surface area contributed by atoms with E-state index in [-0.39, 0.29) is 17.1 Å². The van der Waals surface area contributed by atoms with Crippen LogP contribution < -0.4 is 10.3 Å². The lowest BCUT2D eigenvalue weighted by molar-refractivity contribution is 0.236. The summed E-state index contributed by atoms with van der Waals surface area (Å²) in [6, 6.07) is 13.0. The maximum Gasteiger partial charge on any atom is 0.254 e. The Balaban J connectivity index is 1.61. The van der Waals surface area contributed by atoms with E-state index in [1.165, 1.54) is 7.11 Å². The number of aromatic nitrogens is 2. The first-order chi connectivity index (χ1) is 13.5. The highest BCUT2D eigenvalue weighted by molar-refractivity contribution is 5.55. The van der Waals surface area contributed by atoms with Crippen LogP contribution in [0.15, 0.2) is 47.3 Å². The fraction of sp³-hybridized carbons (Fsp3) is 0.273. The Kier molecular flexibility index (Phi) is 4.96. The molecule has 1 aliphatic heterocycles. The monoisotopic (exact) mass is 379 g/mol. The topological polar surface area (TPSA) is 58.2 Å². The minimum Gasteiger partial charge on any atom is -0.494 e. The van der Waals surface area contributed by atoms with Crippen LogP contribution in [-0.2, 0) is 19.5 Å². The van der Waals surface area contributed by atoms with Crippen molar-refractivity contribution in [1.29, 1.82) is 0 Å². The largest absolute Gasteiger partial charge is 0.494 e. The quantitative estimate of drug-likeness (QED) is 0.754. The molecule has 0 fully saturated rings. The van der Waals surface area contributed by atoms with E-state index in [1.807, 2.05) is 31.2 Å². The second-order valence-electron chi connectivity index (χ2n) is 7.10. The minimum atomic E-state index is -0.338. The van der Waals surface area contributed by atoms with Crippen LogP contribution in [0.4, 0.5) is 4.39 Å². The molecule has 0 radical (unpaired) electrons. The van der Waals surface area contributed by atoms with Crippen molar-refractivity contribution in [2.45, 2.75) is 26.4 Å². The molecule has 2 aromatic carbocycles. The van der Waals surface area contributed by atoms with Crippen molar-refractivity contribution in [3.05, 3.63) is 81.0 Å². The van der Waals surface area contributed by atoms with Gasteiger partial charge < -0.3 is 9.72 Å². The second-order valence-corrected chi connectivity index (χ2v) is 7.10. The van der Waals surface area contributed by atoms with Crippen LogP contribution >= 0.6 is 0 Å². The SMILES string of the molecule is COc1cccc(CN2CCc3c(nc(-c4ccc(C)cc4)[nH]c3=O)C2)c1F. The molecular formula is C22H22FN3O2. The van der Waals surface area contributed by atoms with E-state index in [9.17, 15) is 9.18 Å². The highest BCUT2D eigenvalue weighted by Gasteiger charge is 2.22. The molecule has 0 spiro atoms. The predicted octanol–water partition coefficient (Wildman–Crippen LogP) is 3.45. The molecule has 0 amide bonds. The normalized spacial score (nSPS) is 14.0. The lowest BCUT2D eigenvalue weighted by Crippen LogP contribution is -2.35. The lowest BCUT2D eigenvalue weighted by atomic mass is 10.0. The standard InChI is InChI=1S/C22H22FN3O2/c1-14-6-8-15(9-7-14)21-24-18-13-26(11-10-17(18)22(27)25-21)12-16-4-3-5-19(28-2)20(16)23/h3-9H,10-13H2,1-2H3,(H,24,25,27). The molecule has 2 heterocycles. The first-order valence-corrected chi connectivity index (χ1v) is 9.28. The maximum atomic E-state index is 14.5. The molecule has 0 atom stereocenters. The van der Waals surface area contributed by atoms with Crippen molar-refractivity contribution >= 4 is 0 Å². The van der Waals surface area contributed by atoms with Crippen molar-refractivity contribution in [3.63, 3.8) is 0 Å².